The van der Waals surface area contributed by atoms with Crippen molar-refractivity contribution in [1.82, 2.24) is 10.2 Å². The van der Waals surface area contributed by atoms with Crippen LogP contribution in [-0.2, 0) is 11.3 Å². The lowest BCUT2D eigenvalue weighted by atomic mass is 10.0. The van der Waals surface area contributed by atoms with E-state index in [1.165, 1.54) is 5.56 Å². The van der Waals surface area contributed by atoms with Gasteiger partial charge in [0, 0.05) is 38.6 Å². The minimum Gasteiger partial charge on any atom is -0.494 e. The van der Waals surface area contributed by atoms with Crippen LogP contribution in [0.5, 0.6) is 5.75 Å². The van der Waals surface area contributed by atoms with Crippen LogP contribution in [0.4, 0.5) is 0 Å². The molecule has 138 valence electrons. The summed E-state index contributed by atoms with van der Waals surface area (Å²) in [6.07, 6.45) is 1.31. The summed E-state index contributed by atoms with van der Waals surface area (Å²) in [5, 5.41) is 12.2. The smallest absolute Gasteiger partial charge is 0.119 e. The molecule has 1 aliphatic heterocycles. The first kappa shape index (κ1) is 19.7. The van der Waals surface area contributed by atoms with Crippen LogP contribution < -0.4 is 10.1 Å². The molecule has 2 rings (SSSR count). The number of morpholine rings is 1. The fourth-order valence-electron chi connectivity index (χ4n) is 3.15. The average Bonchev–Trinajstić information content (AvgIpc) is 2.63. The van der Waals surface area contributed by atoms with Gasteiger partial charge in [-0.25, -0.2) is 0 Å². The van der Waals surface area contributed by atoms with E-state index in [-0.39, 0.29) is 0 Å². The molecule has 0 spiro atoms. The second-order valence-corrected chi connectivity index (χ2v) is 6.85. The van der Waals surface area contributed by atoms with Crippen LogP contribution in [-0.4, -0.2) is 50.4 Å². The highest BCUT2D eigenvalue weighted by Crippen LogP contribution is 2.15. The number of nitrogens with one attached hydrogen (secondary N) is 1. The van der Waals surface area contributed by atoms with Gasteiger partial charge >= 0.3 is 0 Å². The van der Waals surface area contributed by atoms with E-state index in [4.69, 9.17) is 14.7 Å². The fourth-order valence-corrected chi connectivity index (χ4v) is 3.15. The highest BCUT2D eigenvalue weighted by molar-refractivity contribution is 5.28. The molecule has 25 heavy (non-hydrogen) atoms. The van der Waals surface area contributed by atoms with Crippen LogP contribution in [0.25, 0.3) is 0 Å². The Labute approximate surface area is 151 Å². The molecule has 1 saturated heterocycles. The molecule has 1 fully saturated rings. The number of nitrogens with zero attached hydrogens (tertiary/aromatic N) is 2. The van der Waals surface area contributed by atoms with Crippen LogP contribution in [0, 0.1) is 17.2 Å². The van der Waals surface area contributed by atoms with E-state index in [1.54, 1.807) is 0 Å². The predicted molar refractivity (Wildman–Crippen MR) is 99.5 cm³/mol. The van der Waals surface area contributed by atoms with Crippen molar-refractivity contribution in [3.63, 3.8) is 0 Å². The van der Waals surface area contributed by atoms with Crippen LogP contribution in [0.2, 0.25) is 0 Å². The normalized spacial score (nSPS) is 16.6. The maximum atomic E-state index is 8.56. The lowest BCUT2D eigenvalue weighted by molar-refractivity contribution is 0.00648. The van der Waals surface area contributed by atoms with Crippen molar-refractivity contribution in [3.05, 3.63) is 29.8 Å². The molecule has 1 atom stereocenters. The maximum absolute atomic E-state index is 8.56. The molecule has 1 aromatic carbocycles. The Morgan fingerprint density at radius 3 is 2.84 bits per heavy atom. The third-order valence-electron chi connectivity index (χ3n) is 4.57. The van der Waals surface area contributed by atoms with Crippen LogP contribution >= 0.6 is 0 Å². The van der Waals surface area contributed by atoms with Gasteiger partial charge in [-0.05, 0) is 30.0 Å². The molecule has 5 heteroatoms. The van der Waals surface area contributed by atoms with Gasteiger partial charge < -0.3 is 14.8 Å². The number of benzene rings is 1. The summed E-state index contributed by atoms with van der Waals surface area (Å²) in [7, 11) is 0. The minimum atomic E-state index is 0.536. The molecule has 1 heterocycles. The van der Waals surface area contributed by atoms with E-state index in [0.29, 0.717) is 25.0 Å². The second kappa shape index (κ2) is 11.1. The van der Waals surface area contributed by atoms with E-state index in [1.807, 2.05) is 12.1 Å². The van der Waals surface area contributed by atoms with Crippen molar-refractivity contribution in [2.24, 2.45) is 5.92 Å². The predicted octanol–water partition coefficient (Wildman–Crippen LogP) is 2.82. The quantitative estimate of drug-likeness (QED) is 0.661. The van der Waals surface area contributed by atoms with Gasteiger partial charge in [0.15, 0.2) is 0 Å². The minimum absolute atomic E-state index is 0.536. The molecule has 0 radical (unpaired) electrons. The Morgan fingerprint density at radius 2 is 2.12 bits per heavy atom. The van der Waals surface area contributed by atoms with Gasteiger partial charge in [0.05, 0.1) is 25.9 Å². The van der Waals surface area contributed by atoms with Gasteiger partial charge in [-0.3, -0.25) is 4.90 Å². The van der Waals surface area contributed by atoms with Gasteiger partial charge in [0.2, 0.25) is 0 Å². The molecule has 0 amide bonds. The van der Waals surface area contributed by atoms with Crippen molar-refractivity contribution >= 4 is 0 Å². The van der Waals surface area contributed by atoms with Crippen LogP contribution in [0.15, 0.2) is 24.3 Å². The van der Waals surface area contributed by atoms with E-state index >= 15 is 0 Å². The number of unbranched alkanes of at least 4 members (excludes halogenated alkanes) is 1. The monoisotopic (exact) mass is 345 g/mol. The van der Waals surface area contributed by atoms with Crippen molar-refractivity contribution in [2.75, 3.05) is 39.5 Å². The van der Waals surface area contributed by atoms with Gasteiger partial charge in [0.25, 0.3) is 0 Å². The molecule has 0 aliphatic carbocycles. The summed E-state index contributed by atoms with van der Waals surface area (Å²) in [4.78, 5) is 2.54. The standard InChI is InChI=1S/C20H31N3O2/c1-17(2)20(23-9-12-24-13-10-23)16-22-15-18-6-5-7-19(14-18)25-11-4-3-8-21/h5-7,14,17,20,22H,3-4,9-13,15-16H2,1-2H3. The Hall–Kier alpha value is -1.61. The van der Waals surface area contributed by atoms with Gasteiger partial charge in [0.1, 0.15) is 5.75 Å². The molecule has 5 nitrogen and oxygen atoms in total. The molecule has 0 bridgehead atoms. The highest BCUT2D eigenvalue weighted by Gasteiger charge is 2.23. The Bertz CT molecular complexity index is 536. The molecular weight excluding hydrogens is 314 g/mol. The maximum Gasteiger partial charge on any atom is 0.119 e. The lowest BCUT2D eigenvalue weighted by Crippen LogP contribution is -2.50. The number of hydrogen-bond acceptors (Lipinski definition) is 5. The first-order valence-corrected chi connectivity index (χ1v) is 9.32. The van der Waals surface area contributed by atoms with Crippen molar-refractivity contribution in [3.8, 4) is 11.8 Å². The molecule has 1 aromatic rings. The molecule has 1 unspecified atom stereocenters. The van der Waals surface area contributed by atoms with Gasteiger partial charge in [-0.15, -0.1) is 0 Å². The second-order valence-electron chi connectivity index (χ2n) is 6.85. The van der Waals surface area contributed by atoms with Crippen LogP contribution in [0.3, 0.4) is 0 Å². The van der Waals surface area contributed by atoms with Crippen molar-refractivity contribution in [2.45, 2.75) is 39.3 Å². The largest absolute Gasteiger partial charge is 0.494 e. The summed E-state index contributed by atoms with van der Waals surface area (Å²) in [5.74, 6) is 1.49. The number of rotatable bonds is 10. The Morgan fingerprint density at radius 1 is 1.32 bits per heavy atom. The van der Waals surface area contributed by atoms with E-state index in [0.717, 1.165) is 51.6 Å². The van der Waals surface area contributed by atoms with Gasteiger partial charge in [-0.2, -0.15) is 5.26 Å². The van der Waals surface area contributed by atoms with Gasteiger partial charge in [-0.1, -0.05) is 26.0 Å². The Kier molecular flexibility index (Phi) is 8.75. The fraction of sp³-hybridized carbons (Fsp3) is 0.650. The number of ether oxygens (including phenoxy) is 2. The van der Waals surface area contributed by atoms with E-state index < -0.39 is 0 Å². The zero-order chi connectivity index (χ0) is 17.9. The molecule has 0 saturated carbocycles. The first-order chi connectivity index (χ1) is 12.2. The topological polar surface area (TPSA) is 57.5 Å². The molecular formula is C20H31N3O2. The molecule has 0 aromatic heterocycles. The Balaban J connectivity index is 1.78. The third-order valence-corrected chi connectivity index (χ3v) is 4.57. The average molecular weight is 345 g/mol. The van der Waals surface area contributed by atoms with E-state index in [2.05, 4.69) is 42.3 Å². The van der Waals surface area contributed by atoms with Crippen LogP contribution in [0.1, 0.15) is 32.3 Å². The zero-order valence-corrected chi connectivity index (χ0v) is 15.5. The summed E-state index contributed by atoms with van der Waals surface area (Å²) in [5.41, 5.74) is 1.22. The number of nitriles is 1. The third kappa shape index (κ3) is 7.03. The zero-order valence-electron chi connectivity index (χ0n) is 15.5. The van der Waals surface area contributed by atoms with E-state index in [9.17, 15) is 0 Å². The number of hydrogen-bond donors (Lipinski definition) is 1. The molecule has 1 N–H and O–H groups in total. The first-order valence-electron chi connectivity index (χ1n) is 9.32. The summed E-state index contributed by atoms with van der Waals surface area (Å²) < 4.78 is 11.2. The SMILES string of the molecule is CC(C)C(CNCc1cccc(OCCCC#N)c1)N1CCOCC1. The summed E-state index contributed by atoms with van der Waals surface area (Å²) in [6.45, 7) is 10.7. The lowest BCUT2D eigenvalue weighted by Gasteiger charge is -2.37. The highest BCUT2D eigenvalue weighted by atomic mass is 16.5. The summed E-state index contributed by atoms with van der Waals surface area (Å²) >= 11 is 0. The summed E-state index contributed by atoms with van der Waals surface area (Å²) in [6, 6.07) is 10.9. The van der Waals surface area contributed by atoms with Crippen molar-refractivity contribution in [1.29, 1.82) is 5.26 Å². The molecule has 1 aliphatic rings. The van der Waals surface area contributed by atoms with Crippen molar-refractivity contribution < 1.29 is 9.47 Å².